The molecule has 0 aliphatic carbocycles. The Kier molecular flexibility index (Phi) is 6.67. The molecule has 6 nitrogen and oxygen atoms in total. The lowest BCUT2D eigenvalue weighted by Crippen LogP contribution is -2.24. The van der Waals surface area contributed by atoms with Gasteiger partial charge in [0.15, 0.2) is 5.16 Å². The molecule has 0 aliphatic heterocycles. The summed E-state index contributed by atoms with van der Waals surface area (Å²) in [4.78, 5) is 13.1. The zero-order chi connectivity index (χ0) is 22.7. The van der Waals surface area contributed by atoms with Gasteiger partial charge in [-0.1, -0.05) is 68.9 Å². The maximum absolute atomic E-state index is 13.1. The number of rotatable bonds is 8. The Balaban J connectivity index is 1.67. The molecule has 0 radical (unpaired) electrons. The Morgan fingerprint density at radius 3 is 2.50 bits per heavy atom. The van der Waals surface area contributed by atoms with Crippen molar-refractivity contribution >= 4 is 28.4 Å². The number of aryl methyl sites for hydroxylation is 1. The largest absolute Gasteiger partial charge is 0.382 e. The van der Waals surface area contributed by atoms with Gasteiger partial charge in [-0.25, -0.2) is 0 Å². The molecule has 0 saturated heterocycles. The minimum atomic E-state index is -0.0358. The van der Waals surface area contributed by atoms with Crippen molar-refractivity contribution in [3.63, 3.8) is 0 Å². The van der Waals surface area contributed by atoms with Crippen LogP contribution in [0.25, 0.3) is 16.7 Å². The van der Waals surface area contributed by atoms with E-state index >= 15 is 0 Å². The van der Waals surface area contributed by atoms with Crippen LogP contribution in [0.15, 0.2) is 58.5 Å². The molecule has 0 atom stereocenters. The smallest absolute Gasteiger partial charge is 0.262 e. The molecule has 0 unspecified atom stereocenters. The van der Waals surface area contributed by atoms with Crippen LogP contribution in [0.3, 0.4) is 0 Å². The van der Waals surface area contributed by atoms with Gasteiger partial charge in [-0.2, -0.15) is 0 Å². The number of aromatic nitrogens is 4. The van der Waals surface area contributed by atoms with Gasteiger partial charge in [-0.15, -0.1) is 10.2 Å². The van der Waals surface area contributed by atoms with Crippen molar-refractivity contribution in [2.24, 2.45) is 0 Å². The van der Waals surface area contributed by atoms with Gasteiger partial charge in [-0.05, 0) is 42.0 Å². The summed E-state index contributed by atoms with van der Waals surface area (Å²) < 4.78 is 9.18. The van der Waals surface area contributed by atoms with Gasteiger partial charge in [0.05, 0.1) is 10.9 Å². The van der Waals surface area contributed by atoms with Crippen molar-refractivity contribution in [3.05, 3.63) is 70.0 Å². The number of hydrogen-bond donors (Lipinski definition) is 0. The number of benzene rings is 2. The molecule has 4 aromatic rings. The fraction of sp³-hybridized carbons (Fsp3) is 0.400. The van der Waals surface area contributed by atoms with E-state index in [1.54, 1.807) is 16.3 Å². The van der Waals surface area contributed by atoms with Crippen molar-refractivity contribution in [3.8, 4) is 0 Å². The molecule has 0 bridgehead atoms. The van der Waals surface area contributed by atoms with E-state index in [1.807, 2.05) is 35.6 Å². The minimum absolute atomic E-state index is 0.0358. The van der Waals surface area contributed by atoms with Crippen LogP contribution in [0.5, 0.6) is 0 Å². The Bertz CT molecular complexity index is 1270. The van der Waals surface area contributed by atoms with Crippen LogP contribution in [-0.2, 0) is 22.4 Å². The summed E-state index contributed by atoms with van der Waals surface area (Å²) >= 11 is 1.63. The van der Waals surface area contributed by atoms with Gasteiger partial charge >= 0.3 is 0 Å². The molecule has 0 amide bonds. The van der Waals surface area contributed by atoms with Crippen LogP contribution >= 0.6 is 11.8 Å². The standard InChI is InChI=1S/C25H30N4O2S/c1-5-31-16-8-15-28-22(30)20-9-6-7-10-21(20)29-23(28)26-27-24(29)32-17-18-11-13-19(14-12-18)25(2,3)4/h6-7,9-14H,5,8,15-17H2,1-4H3. The first-order chi connectivity index (χ1) is 15.4. The van der Waals surface area contributed by atoms with E-state index in [0.717, 1.165) is 22.8 Å². The molecule has 2 heterocycles. The lowest BCUT2D eigenvalue weighted by molar-refractivity contribution is 0.141. The zero-order valence-electron chi connectivity index (χ0n) is 19.2. The van der Waals surface area contributed by atoms with Gasteiger partial charge in [0, 0.05) is 25.5 Å². The second kappa shape index (κ2) is 9.46. The highest BCUT2D eigenvalue weighted by Gasteiger charge is 2.17. The van der Waals surface area contributed by atoms with E-state index in [9.17, 15) is 4.79 Å². The van der Waals surface area contributed by atoms with Crippen LogP contribution in [-0.4, -0.2) is 32.4 Å². The van der Waals surface area contributed by atoms with Crippen LogP contribution in [0.2, 0.25) is 0 Å². The average molecular weight is 451 g/mol. The van der Waals surface area contributed by atoms with E-state index in [-0.39, 0.29) is 11.0 Å². The summed E-state index contributed by atoms with van der Waals surface area (Å²) in [6, 6.07) is 16.4. The van der Waals surface area contributed by atoms with Gasteiger partial charge in [0.25, 0.3) is 5.56 Å². The number of thioether (sulfide) groups is 1. The van der Waals surface area contributed by atoms with Crippen LogP contribution in [0, 0.1) is 0 Å². The Morgan fingerprint density at radius 1 is 1.03 bits per heavy atom. The molecule has 0 N–H and O–H groups in total. The molecule has 7 heteroatoms. The molecule has 32 heavy (non-hydrogen) atoms. The summed E-state index contributed by atoms with van der Waals surface area (Å²) in [6.07, 6.45) is 0.747. The number of fused-ring (bicyclic) bond motifs is 3. The highest BCUT2D eigenvalue weighted by Crippen LogP contribution is 2.27. The molecule has 0 fully saturated rings. The Labute approximate surface area is 192 Å². The third-order valence-electron chi connectivity index (χ3n) is 5.54. The first kappa shape index (κ1) is 22.6. The van der Waals surface area contributed by atoms with Crippen LogP contribution in [0.1, 0.15) is 45.2 Å². The number of nitrogens with zero attached hydrogens (tertiary/aromatic N) is 4. The fourth-order valence-electron chi connectivity index (χ4n) is 3.75. The zero-order valence-corrected chi connectivity index (χ0v) is 20.0. The summed E-state index contributed by atoms with van der Waals surface area (Å²) in [6.45, 7) is 10.5. The summed E-state index contributed by atoms with van der Waals surface area (Å²) in [5.74, 6) is 1.36. The molecular formula is C25H30N4O2S. The molecule has 2 aromatic heterocycles. The first-order valence-electron chi connectivity index (χ1n) is 11.1. The predicted molar refractivity (Wildman–Crippen MR) is 131 cm³/mol. The van der Waals surface area contributed by atoms with Crippen molar-refractivity contribution < 1.29 is 4.74 Å². The van der Waals surface area contributed by atoms with E-state index in [1.165, 1.54) is 11.1 Å². The Morgan fingerprint density at radius 2 is 1.78 bits per heavy atom. The normalized spacial score (nSPS) is 12.1. The number of hydrogen-bond acceptors (Lipinski definition) is 5. The van der Waals surface area contributed by atoms with E-state index in [2.05, 4.69) is 55.2 Å². The molecule has 168 valence electrons. The summed E-state index contributed by atoms with van der Waals surface area (Å²) in [5, 5.41) is 10.3. The lowest BCUT2D eigenvalue weighted by Gasteiger charge is -2.19. The number of para-hydroxylation sites is 1. The second-order valence-corrected chi connectivity index (χ2v) is 9.82. The monoisotopic (exact) mass is 450 g/mol. The van der Waals surface area contributed by atoms with Gasteiger partial charge < -0.3 is 4.74 Å². The maximum atomic E-state index is 13.1. The molecule has 0 saturated carbocycles. The highest BCUT2D eigenvalue weighted by atomic mass is 32.2. The average Bonchev–Trinajstić information content (AvgIpc) is 3.21. The van der Waals surface area contributed by atoms with E-state index in [0.29, 0.717) is 30.9 Å². The van der Waals surface area contributed by atoms with Gasteiger partial charge in [0.2, 0.25) is 5.78 Å². The highest BCUT2D eigenvalue weighted by molar-refractivity contribution is 7.98. The minimum Gasteiger partial charge on any atom is -0.382 e. The third kappa shape index (κ3) is 4.59. The molecule has 2 aromatic carbocycles. The lowest BCUT2D eigenvalue weighted by atomic mass is 9.87. The van der Waals surface area contributed by atoms with E-state index in [4.69, 9.17) is 4.74 Å². The molecular weight excluding hydrogens is 420 g/mol. The van der Waals surface area contributed by atoms with E-state index < -0.39 is 0 Å². The Hall–Kier alpha value is -2.64. The number of ether oxygens (including phenoxy) is 1. The molecule has 0 spiro atoms. The van der Waals surface area contributed by atoms with Crippen molar-refractivity contribution in [1.29, 1.82) is 0 Å². The summed E-state index contributed by atoms with van der Waals surface area (Å²) in [7, 11) is 0. The van der Waals surface area contributed by atoms with Gasteiger partial charge in [0.1, 0.15) is 0 Å². The third-order valence-corrected chi connectivity index (χ3v) is 6.54. The van der Waals surface area contributed by atoms with Gasteiger partial charge in [-0.3, -0.25) is 13.8 Å². The topological polar surface area (TPSA) is 61.4 Å². The van der Waals surface area contributed by atoms with Crippen molar-refractivity contribution in [1.82, 2.24) is 19.2 Å². The van der Waals surface area contributed by atoms with Crippen molar-refractivity contribution in [2.75, 3.05) is 13.2 Å². The SMILES string of the molecule is CCOCCCn1c(=O)c2ccccc2n2c(SCc3ccc(C(C)(C)C)cc3)nnc12. The first-order valence-corrected chi connectivity index (χ1v) is 12.1. The molecule has 4 rings (SSSR count). The quantitative estimate of drug-likeness (QED) is 0.277. The fourth-order valence-corrected chi connectivity index (χ4v) is 4.64. The van der Waals surface area contributed by atoms with Crippen molar-refractivity contribution in [2.45, 2.75) is 57.0 Å². The van der Waals surface area contributed by atoms with Crippen LogP contribution in [0.4, 0.5) is 0 Å². The predicted octanol–water partition coefficient (Wildman–Crippen LogP) is 5.06. The second-order valence-electron chi connectivity index (χ2n) is 8.88. The molecule has 0 aliphatic rings. The summed E-state index contributed by atoms with van der Waals surface area (Å²) in [5.41, 5.74) is 3.49. The van der Waals surface area contributed by atoms with Crippen LogP contribution < -0.4 is 5.56 Å². The maximum Gasteiger partial charge on any atom is 0.262 e.